The van der Waals surface area contributed by atoms with Crippen molar-refractivity contribution in [3.8, 4) is 17.2 Å². The van der Waals surface area contributed by atoms with Crippen molar-refractivity contribution >= 4 is 17.6 Å². The number of hydrogen-bond donors (Lipinski definition) is 1. The monoisotopic (exact) mass is 361 g/mol. The average Bonchev–Trinajstić information content (AvgIpc) is 2.54. The van der Waals surface area contributed by atoms with Gasteiger partial charge in [0, 0.05) is 34.7 Å². The standard InChI is InChI=1S/C19H20ClNO4/c1-21(2)7-8-24-17-6-3-12(20)9-16(17)15-11-19(23)25-18-10-13(22)4-5-14(15)18/h3-6,9-10,15,22H,7-8,11H2,1-2H3. The predicted molar refractivity (Wildman–Crippen MR) is 95.7 cm³/mol. The van der Waals surface area contributed by atoms with Gasteiger partial charge < -0.3 is 19.5 Å². The maximum absolute atomic E-state index is 12.0. The highest BCUT2D eigenvalue weighted by Crippen LogP contribution is 2.43. The maximum Gasteiger partial charge on any atom is 0.312 e. The minimum absolute atomic E-state index is 0.0563. The number of nitrogens with zero attached hydrogens (tertiary/aromatic N) is 1. The third-order valence-corrected chi connectivity index (χ3v) is 4.35. The summed E-state index contributed by atoms with van der Waals surface area (Å²) < 4.78 is 11.2. The molecule has 1 N–H and O–H groups in total. The molecule has 0 amide bonds. The van der Waals surface area contributed by atoms with Crippen LogP contribution in [0.15, 0.2) is 36.4 Å². The van der Waals surface area contributed by atoms with Crippen molar-refractivity contribution in [2.24, 2.45) is 0 Å². The second-order valence-corrected chi connectivity index (χ2v) is 6.72. The molecule has 0 spiro atoms. The lowest BCUT2D eigenvalue weighted by Gasteiger charge is -2.26. The zero-order valence-corrected chi connectivity index (χ0v) is 14.9. The number of likely N-dealkylation sites (N-methyl/N-ethyl adjacent to an activating group) is 1. The number of halogens is 1. The van der Waals surface area contributed by atoms with Gasteiger partial charge in [0.05, 0.1) is 6.42 Å². The molecular weight excluding hydrogens is 342 g/mol. The lowest BCUT2D eigenvalue weighted by atomic mass is 9.86. The number of phenolic OH excluding ortho intramolecular Hbond substituents is 1. The summed E-state index contributed by atoms with van der Waals surface area (Å²) >= 11 is 6.19. The van der Waals surface area contributed by atoms with E-state index in [0.717, 1.165) is 17.7 Å². The Morgan fingerprint density at radius 3 is 2.80 bits per heavy atom. The smallest absolute Gasteiger partial charge is 0.312 e. The Bertz CT molecular complexity index is 791. The van der Waals surface area contributed by atoms with Gasteiger partial charge in [0.1, 0.15) is 23.9 Å². The highest BCUT2D eigenvalue weighted by molar-refractivity contribution is 6.30. The Morgan fingerprint density at radius 2 is 2.04 bits per heavy atom. The van der Waals surface area contributed by atoms with Gasteiger partial charge in [0.15, 0.2) is 0 Å². The van der Waals surface area contributed by atoms with E-state index < -0.39 is 0 Å². The van der Waals surface area contributed by atoms with Gasteiger partial charge in [-0.15, -0.1) is 0 Å². The fourth-order valence-corrected chi connectivity index (χ4v) is 3.06. The second-order valence-electron chi connectivity index (χ2n) is 6.29. The van der Waals surface area contributed by atoms with Crippen molar-refractivity contribution in [1.82, 2.24) is 4.90 Å². The molecule has 5 nitrogen and oxygen atoms in total. The first-order valence-corrected chi connectivity index (χ1v) is 8.42. The summed E-state index contributed by atoms with van der Waals surface area (Å²) in [6.07, 6.45) is 0.197. The highest BCUT2D eigenvalue weighted by Gasteiger charge is 2.30. The molecular formula is C19H20ClNO4. The first-order valence-electron chi connectivity index (χ1n) is 8.04. The van der Waals surface area contributed by atoms with Crippen LogP contribution in [0.1, 0.15) is 23.5 Å². The number of phenols is 1. The first kappa shape index (κ1) is 17.6. The Balaban J connectivity index is 1.98. The quantitative estimate of drug-likeness (QED) is 0.653. The van der Waals surface area contributed by atoms with Crippen LogP contribution in [0.25, 0.3) is 0 Å². The summed E-state index contributed by atoms with van der Waals surface area (Å²) in [5.74, 6) is 0.554. The molecule has 0 saturated carbocycles. The molecule has 2 aromatic carbocycles. The fraction of sp³-hybridized carbons (Fsp3) is 0.316. The zero-order valence-electron chi connectivity index (χ0n) is 14.2. The van der Waals surface area contributed by atoms with Gasteiger partial charge in [-0.3, -0.25) is 4.79 Å². The topological polar surface area (TPSA) is 59.0 Å². The molecule has 0 fully saturated rings. The van der Waals surface area contributed by atoms with Crippen LogP contribution in [0.4, 0.5) is 0 Å². The normalized spacial score (nSPS) is 16.5. The van der Waals surface area contributed by atoms with Gasteiger partial charge in [0.2, 0.25) is 0 Å². The Labute approximate surface area is 151 Å². The van der Waals surface area contributed by atoms with E-state index in [0.29, 0.717) is 23.1 Å². The molecule has 0 radical (unpaired) electrons. The van der Waals surface area contributed by atoms with Crippen molar-refractivity contribution < 1.29 is 19.4 Å². The number of aromatic hydroxyl groups is 1. The van der Waals surface area contributed by atoms with Gasteiger partial charge in [-0.05, 0) is 38.4 Å². The van der Waals surface area contributed by atoms with Crippen molar-refractivity contribution in [3.05, 3.63) is 52.5 Å². The number of benzene rings is 2. The minimum atomic E-state index is -0.345. The Hall–Kier alpha value is -2.24. The molecule has 1 heterocycles. The van der Waals surface area contributed by atoms with Gasteiger partial charge in [-0.1, -0.05) is 17.7 Å². The van der Waals surface area contributed by atoms with Gasteiger partial charge in [-0.2, -0.15) is 0 Å². The molecule has 1 unspecified atom stereocenters. The number of hydrogen-bond acceptors (Lipinski definition) is 5. The molecule has 2 aromatic rings. The number of carbonyl (C=O) groups excluding carboxylic acids is 1. The lowest BCUT2D eigenvalue weighted by molar-refractivity contribution is -0.135. The third kappa shape index (κ3) is 4.06. The van der Waals surface area contributed by atoms with Crippen LogP contribution in [-0.2, 0) is 4.79 Å². The fourth-order valence-electron chi connectivity index (χ4n) is 2.88. The van der Waals surface area contributed by atoms with Gasteiger partial charge in [-0.25, -0.2) is 0 Å². The first-order chi connectivity index (χ1) is 11.9. The summed E-state index contributed by atoms with van der Waals surface area (Å²) in [7, 11) is 3.96. The SMILES string of the molecule is CN(C)CCOc1ccc(Cl)cc1C1CC(=O)Oc2cc(O)ccc21. The molecule has 25 heavy (non-hydrogen) atoms. The highest BCUT2D eigenvalue weighted by atomic mass is 35.5. The largest absolute Gasteiger partial charge is 0.508 e. The van der Waals surface area contributed by atoms with Crippen molar-refractivity contribution in [3.63, 3.8) is 0 Å². The molecule has 0 aromatic heterocycles. The van der Waals surface area contributed by atoms with Crippen molar-refractivity contribution in [2.75, 3.05) is 27.2 Å². The molecule has 0 bridgehead atoms. The van der Waals surface area contributed by atoms with Crippen LogP contribution >= 0.6 is 11.6 Å². The van der Waals surface area contributed by atoms with Crippen LogP contribution in [0.5, 0.6) is 17.2 Å². The number of fused-ring (bicyclic) bond motifs is 1. The predicted octanol–water partition coefficient (Wildman–Crippen LogP) is 3.43. The van der Waals surface area contributed by atoms with E-state index in [-0.39, 0.29) is 24.1 Å². The molecule has 132 valence electrons. The maximum atomic E-state index is 12.0. The van der Waals surface area contributed by atoms with E-state index in [2.05, 4.69) is 0 Å². The van der Waals surface area contributed by atoms with E-state index in [4.69, 9.17) is 21.1 Å². The van der Waals surface area contributed by atoms with Gasteiger partial charge >= 0.3 is 5.97 Å². The summed E-state index contributed by atoms with van der Waals surface area (Å²) in [5, 5.41) is 10.2. The van der Waals surface area contributed by atoms with Crippen molar-refractivity contribution in [2.45, 2.75) is 12.3 Å². The molecule has 1 aliphatic rings. The molecule has 6 heteroatoms. The molecule has 3 rings (SSSR count). The number of carbonyl (C=O) groups is 1. The minimum Gasteiger partial charge on any atom is -0.508 e. The molecule has 0 aliphatic carbocycles. The van der Waals surface area contributed by atoms with E-state index in [1.165, 1.54) is 6.07 Å². The summed E-state index contributed by atoms with van der Waals surface area (Å²) in [6.45, 7) is 1.31. The Kier molecular flexibility index (Phi) is 5.16. The van der Waals surface area contributed by atoms with E-state index in [1.807, 2.05) is 31.1 Å². The lowest BCUT2D eigenvalue weighted by Crippen LogP contribution is -2.22. The summed E-state index contributed by atoms with van der Waals surface area (Å²) in [4.78, 5) is 14.1. The molecule has 0 saturated heterocycles. The average molecular weight is 362 g/mol. The van der Waals surface area contributed by atoms with Crippen LogP contribution < -0.4 is 9.47 Å². The number of esters is 1. The third-order valence-electron chi connectivity index (χ3n) is 4.11. The van der Waals surface area contributed by atoms with Gasteiger partial charge in [0.25, 0.3) is 0 Å². The second kappa shape index (κ2) is 7.33. The summed E-state index contributed by atoms with van der Waals surface area (Å²) in [6, 6.07) is 10.2. The van der Waals surface area contributed by atoms with Crippen LogP contribution in [0.2, 0.25) is 5.02 Å². The number of ether oxygens (including phenoxy) is 2. The van der Waals surface area contributed by atoms with Crippen molar-refractivity contribution in [1.29, 1.82) is 0 Å². The summed E-state index contributed by atoms with van der Waals surface area (Å²) in [5.41, 5.74) is 1.67. The van der Waals surface area contributed by atoms with E-state index >= 15 is 0 Å². The number of rotatable bonds is 5. The van der Waals surface area contributed by atoms with E-state index in [1.54, 1.807) is 18.2 Å². The van der Waals surface area contributed by atoms with Crippen LogP contribution in [0, 0.1) is 0 Å². The molecule has 1 aliphatic heterocycles. The molecule has 1 atom stereocenters. The Morgan fingerprint density at radius 1 is 1.24 bits per heavy atom. The van der Waals surface area contributed by atoms with E-state index in [9.17, 15) is 9.90 Å². The zero-order chi connectivity index (χ0) is 18.0. The van der Waals surface area contributed by atoms with Crippen LogP contribution in [0.3, 0.4) is 0 Å². The van der Waals surface area contributed by atoms with Crippen LogP contribution in [-0.4, -0.2) is 43.2 Å².